The van der Waals surface area contributed by atoms with Crippen LogP contribution in [0, 0.1) is 0 Å². The Balaban J connectivity index is 0.877. The molecule has 7 aromatic rings. The number of rotatable bonds is 14. The minimum atomic E-state index is -0.415. The van der Waals surface area contributed by atoms with Gasteiger partial charge in [0, 0.05) is 44.5 Å². The molecule has 0 bridgehead atoms. The van der Waals surface area contributed by atoms with E-state index in [1.54, 1.807) is 12.0 Å². The molecule has 0 saturated carbocycles. The van der Waals surface area contributed by atoms with Gasteiger partial charge in [0.1, 0.15) is 41.5 Å². The average Bonchev–Trinajstić information content (AvgIpc) is 3.82. The number of methoxy groups -OCH3 is 1. The van der Waals surface area contributed by atoms with Gasteiger partial charge in [-0.3, -0.25) is 14.2 Å². The highest BCUT2D eigenvalue weighted by Crippen LogP contribution is 2.35. The van der Waals surface area contributed by atoms with Crippen molar-refractivity contribution in [2.75, 3.05) is 44.9 Å². The molecule has 0 aliphatic carbocycles. The largest absolute Gasteiger partial charge is 0.461 e. The normalized spacial score (nSPS) is 14.2. The van der Waals surface area contributed by atoms with Crippen molar-refractivity contribution >= 4 is 45.6 Å². The highest BCUT2D eigenvalue weighted by Gasteiger charge is 2.28. The SMILES string of the molecule is COCCOc1nc(N)c2[nH]c(=O)n(Cc3ccc(CNC(=O)/C=C/C(=O)N4CCCC(n5nc(-c6ccc(Oc7ccccc7)cc6)c6c(N)ncnc65)C4)cc3)c2n1. The molecule has 1 fully saturated rings. The number of para-hydroxylation sites is 1. The number of carbonyl (C=O) groups is 2. The first-order chi connectivity index (χ1) is 29.2. The number of nitrogens with zero attached hydrogens (tertiary/aromatic N) is 8. The smallest absolute Gasteiger partial charge is 0.328 e. The molecule has 306 valence electrons. The van der Waals surface area contributed by atoms with Crippen molar-refractivity contribution in [2.24, 2.45) is 0 Å². The Bertz CT molecular complexity index is 2730. The molecule has 0 spiro atoms. The first-order valence-corrected chi connectivity index (χ1v) is 19.3. The lowest BCUT2D eigenvalue weighted by molar-refractivity contribution is -0.128. The monoisotopic (exact) mass is 810 g/mol. The summed E-state index contributed by atoms with van der Waals surface area (Å²) in [6, 6.07) is 24.4. The molecule has 18 heteroatoms. The van der Waals surface area contributed by atoms with Crippen molar-refractivity contribution in [2.45, 2.75) is 32.0 Å². The van der Waals surface area contributed by atoms with Crippen LogP contribution in [0.15, 0.2) is 102 Å². The number of fused-ring (bicyclic) bond motifs is 2. The quantitative estimate of drug-likeness (QED) is 0.0900. The van der Waals surface area contributed by atoms with E-state index in [1.165, 1.54) is 23.0 Å². The fourth-order valence-corrected chi connectivity index (χ4v) is 7.02. The van der Waals surface area contributed by atoms with Gasteiger partial charge >= 0.3 is 11.7 Å². The lowest BCUT2D eigenvalue weighted by Crippen LogP contribution is -2.40. The minimum Gasteiger partial charge on any atom is -0.461 e. The molecule has 0 radical (unpaired) electrons. The molecule has 1 aliphatic rings. The first kappa shape index (κ1) is 39.2. The van der Waals surface area contributed by atoms with Crippen LogP contribution in [0.2, 0.25) is 0 Å². The standard InChI is InChI=1S/C42H42N12O6/c1-58-20-21-59-41-49-38(44)36-40(50-41)53(42(57)48-36)23-27-11-9-26(10-12-27)22-45-32(55)17-18-33(56)52-19-5-6-29(24-52)54-39-34(37(43)46-25-47-39)35(51-54)28-13-15-31(16-14-28)60-30-7-3-2-4-8-30/h2-4,7-18,25,29H,5-6,19-24H2,1H3,(H,45,55)(H,48,57)(H2,43,46,47)(H2,44,49,50)/b18-17+. The van der Waals surface area contributed by atoms with Crippen molar-refractivity contribution in [1.82, 2.24) is 49.5 Å². The number of hydrogen-bond acceptors (Lipinski definition) is 13. The molecule has 4 aromatic heterocycles. The van der Waals surface area contributed by atoms with E-state index < -0.39 is 11.6 Å². The number of anilines is 2. The van der Waals surface area contributed by atoms with Gasteiger partial charge in [-0.2, -0.15) is 15.1 Å². The van der Waals surface area contributed by atoms with Crippen molar-refractivity contribution in [3.63, 3.8) is 0 Å². The zero-order valence-electron chi connectivity index (χ0n) is 32.7. The van der Waals surface area contributed by atoms with Gasteiger partial charge in [0.15, 0.2) is 17.1 Å². The number of piperidine rings is 1. The Morgan fingerprint density at radius 2 is 1.67 bits per heavy atom. The van der Waals surface area contributed by atoms with Crippen LogP contribution in [-0.4, -0.2) is 89.4 Å². The number of ether oxygens (including phenoxy) is 3. The van der Waals surface area contributed by atoms with Gasteiger partial charge in [0.05, 0.1) is 24.6 Å². The Morgan fingerprint density at radius 1 is 0.900 bits per heavy atom. The minimum absolute atomic E-state index is 0.0410. The summed E-state index contributed by atoms with van der Waals surface area (Å²) in [6.07, 6.45) is 5.44. The van der Waals surface area contributed by atoms with Gasteiger partial charge in [-0.25, -0.2) is 19.4 Å². The van der Waals surface area contributed by atoms with Gasteiger partial charge in [-0.05, 0) is 60.4 Å². The van der Waals surface area contributed by atoms with Gasteiger partial charge in [-0.15, -0.1) is 0 Å². The van der Waals surface area contributed by atoms with Crippen LogP contribution in [0.5, 0.6) is 17.5 Å². The Kier molecular flexibility index (Phi) is 11.4. The van der Waals surface area contributed by atoms with Crippen molar-refractivity contribution in [3.05, 3.63) is 119 Å². The van der Waals surface area contributed by atoms with Crippen LogP contribution < -0.4 is 31.9 Å². The first-order valence-electron chi connectivity index (χ1n) is 19.3. The third-order valence-electron chi connectivity index (χ3n) is 10.0. The summed E-state index contributed by atoms with van der Waals surface area (Å²) in [4.78, 5) is 60.6. The molecule has 1 unspecified atom stereocenters. The predicted octanol–water partition coefficient (Wildman–Crippen LogP) is 3.99. The maximum absolute atomic E-state index is 13.3. The topological polar surface area (TPSA) is 236 Å². The number of benzene rings is 3. The number of nitrogens with one attached hydrogen (secondary N) is 2. The van der Waals surface area contributed by atoms with E-state index in [9.17, 15) is 14.4 Å². The average molecular weight is 811 g/mol. The molecule has 5 heterocycles. The van der Waals surface area contributed by atoms with Crippen molar-refractivity contribution in [1.29, 1.82) is 0 Å². The van der Waals surface area contributed by atoms with Crippen LogP contribution >= 0.6 is 0 Å². The molecule has 1 aliphatic heterocycles. The van der Waals surface area contributed by atoms with Crippen LogP contribution in [0.25, 0.3) is 33.5 Å². The second-order valence-corrected chi connectivity index (χ2v) is 14.1. The van der Waals surface area contributed by atoms with E-state index in [1.807, 2.05) is 83.5 Å². The van der Waals surface area contributed by atoms with Gasteiger partial charge in [0.2, 0.25) is 11.8 Å². The van der Waals surface area contributed by atoms with Crippen LogP contribution in [0.4, 0.5) is 11.6 Å². The lowest BCUT2D eigenvalue weighted by atomic mass is 10.1. The lowest BCUT2D eigenvalue weighted by Gasteiger charge is -2.32. The molecular weight excluding hydrogens is 769 g/mol. The highest BCUT2D eigenvalue weighted by atomic mass is 16.5. The van der Waals surface area contributed by atoms with Crippen LogP contribution in [0.3, 0.4) is 0 Å². The van der Waals surface area contributed by atoms with E-state index in [2.05, 4.69) is 30.2 Å². The number of carbonyl (C=O) groups excluding carboxylic acids is 2. The molecule has 1 atom stereocenters. The zero-order valence-corrected chi connectivity index (χ0v) is 32.7. The third-order valence-corrected chi connectivity index (χ3v) is 10.0. The summed E-state index contributed by atoms with van der Waals surface area (Å²) in [6.45, 7) is 1.91. The zero-order chi connectivity index (χ0) is 41.6. The predicted molar refractivity (Wildman–Crippen MR) is 223 cm³/mol. The van der Waals surface area contributed by atoms with E-state index in [0.717, 1.165) is 35.3 Å². The van der Waals surface area contributed by atoms with E-state index in [-0.39, 0.29) is 43.5 Å². The van der Waals surface area contributed by atoms with Crippen molar-refractivity contribution < 1.29 is 23.8 Å². The molecule has 60 heavy (non-hydrogen) atoms. The molecule has 3 aromatic carbocycles. The summed E-state index contributed by atoms with van der Waals surface area (Å²) in [5, 5.41) is 8.43. The fourth-order valence-electron chi connectivity index (χ4n) is 7.02. The number of nitrogens with two attached hydrogens (primary N) is 2. The number of aromatic amines is 1. The summed E-state index contributed by atoms with van der Waals surface area (Å²) < 4.78 is 19.7. The summed E-state index contributed by atoms with van der Waals surface area (Å²) in [5.41, 5.74) is 16.3. The third kappa shape index (κ3) is 8.63. The van der Waals surface area contributed by atoms with E-state index in [4.69, 9.17) is 30.8 Å². The molecule has 6 N–H and O–H groups in total. The van der Waals surface area contributed by atoms with Crippen LogP contribution in [-0.2, 0) is 27.4 Å². The van der Waals surface area contributed by atoms with Crippen molar-refractivity contribution in [3.8, 4) is 28.8 Å². The number of H-pyrrole nitrogens is 1. The maximum atomic E-state index is 13.3. The number of nitrogen functional groups attached to an aromatic ring is 2. The Labute approximate surface area is 342 Å². The van der Waals surface area contributed by atoms with Gasteiger partial charge in [-0.1, -0.05) is 42.5 Å². The number of aromatic nitrogens is 8. The van der Waals surface area contributed by atoms with Crippen LogP contribution in [0.1, 0.15) is 30.0 Å². The molecule has 8 rings (SSSR count). The second-order valence-electron chi connectivity index (χ2n) is 14.1. The second kappa shape index (κ2) is 17.5. The number of hydrogen-bond donors (Lipinski definition) is 4. The fraction of sp³-hybridized carbons (Fsp3) is 0.238. The Morgan fingerprint density at radius 3 is 2.45 bits per heavy atom. The number of likely N-dealkylation sites (tertiary alicyclic amines) is 1. The van der Waals surface area contributed by atoms with E-state index in [0.29, 0.717) is 59.2 Å². The molecule has 2 amide bonds. The number of amides is 2. The molecular formula is C42H42N12O6. The molecule has 18 nitrogen and oxygen atoms in total. The van der Waals surface area contributed by atoms with E-state index >= 15 is 0 Å². The van der Waals surface area contributed by atoms with Gasteiger partial charge in [0.25, 0.3) is 0 Å². The Hall–Kier alpha value is -7.60. The molecule has 1 saturated heterocycles. The maximum Gasteiger partial charge on any atom is 0.328 e. The summed E-state index contributed by atoms with van der Waals surface area (Å²) >= 11 is 0. The summed E-state index contributed by atoms with van der Waals surface area (Å²) in [5.74, 6) is 1.11. The number of imidazole rings is 1. The summed E-state index contributed by atoms with van der Waals surface area (Å²) in [7, 11) is 1.55. The van der Waals surface area contributed by atoms with Gasteiger partial charge < -0.3 is 40.9 Å². The highest BCUT2D eigenvalue weighted by molar-refractivity contribution is 5.99.